The minimum absolute atomic E-state index is 0.0138. The standard InChI is InChI=1S/C23H19N3O8/c27-16-6-5-15-21(33-17-4-2-1-3-14(17)24-15)20(16)22(30)25-11-9-13(10-12-25)32-23(31)34-26-18(28)7-8-19(26)29/h1-6,13H,7-12H2. The van der Waals surface area contributed by atoms with Gasteiger partial charge < -0.3 is 14.1 Å². The molecule has 2 saturated heterocycles. The molecule has 11 heteroatoms. The minimum atomic E-state index is -1.15. The Hall–Kier alpha value is -4.28. The first-order valence-electron chi connectivity index (χ1n) is 10.8. The second-order valence-corrected chi connectivity index (χ2v) is 8.00. The first-order valence-corrected chi connectivity index (χ1v) is 10.8. The molecular formula is C23H19N3O8. The Bertz CT molecular complexity index is 1330. The number of rotatable bonds is 3. The van der Waals surface area contributed by atoms with Gasteiger partial charge in [0.15, 0.2) is 16.8 Å². The summed E-state index contributed by atoms with van der Waals surface area (Å²) in [5.41, 5.74) is 0.888. The van der Waals surface area contributed by atoms with E-state index in [9.17, 15) is 24.0 Å². The number of fused-ring (bicyclic) bond motifs is 2. The fourth-order valence-electron chi connectivity index (χ4n) is 4.05. The van der Waals surface area contributed by atoms with E-state index in [0.717, 1.165) is 0 Å². The third-order valence-corrected chi connectivity index (χ3v) is 5.79. The molecule has 0 aromatic heterocycles. The number of hydroxylamine groups is 2. The van der Waals surface area contributed by atoms with Crippen LogP contribution >= 0.6 is 0 Å². The van der Waals surface area contributed by atoms with Crippen molar-refractivity contribution in [1.82, 2.24) is 14.9 Å². The van der Waals surface area contributed by atoms with E-state index in [4.69, 9.17) is 14.0 Å². The number of para-hydroxylation sites is 2. The average molecular weight is 465 g/mol. The van der Waals surface area contributed by atoms with Gasteiger partial charge in [-0.3, -0.25) is 24.0 Å². The van der Waals surface area contributed by atoms with Gasteiger partial charge in [-0.2, -0.15) is 0 Å². The summed E-state index contributed by atoms with van der Waals surface area (Å²) in [6.45, 7) is 0.435. The highest BCUT2D eigenvalue weighted by atomic mass is 16.8. The summed E-state index contributed by atoms with van der Waals surface area (Å²) in [4.78, 5) is 71.6. The van der Waals surface area contributed by atoms with Gasteiger partial charge >= 0.3 is 6.16 Å². The third kappa shape index (κ3) is 3.96. The van der Waals surface area contributed by atoms with Gasteiger partial charge in [-0.25, -0.2) is 9.78 Å². The molecule has 1 aromatic rings. The van der Waals surface area contributed by atoms with E-state index in [-0.39, 0.29) is 37.3 Å². The Labute approximate surface area is 192 Å². The highest BCUT2D eigenvalue weighted by molar-refractivity contribution is 6.01. The average Bonchev–Trinajstić information content (AvgIpc) is 3.15. The van der Waals surface area contributed by atoms with Crippen molar-refractivity contribution >= 4 is 35.0 Å². The predicted molar refractivity (Wildman–Crippen MR) is 114 cm³/mol. The fourth-order valence-corrected chi connectivity index (χ4v) is 4.05. The summed E-state index contributed by atoms with van der Waals surface area (Å²) in [5.74, 6) is -1.57. The maximum absolute atomic E-state index is 13.2. The number of ether oxygens (including phenoxy) is 1. The number of nitrogens with zero attached hydrogens (tertiary/aromatic N) is 3. The van der Waals surface area contributed by atoms with Crippen molar-refractivity contribution < 1.29 is 33.2 Å². The van der Waals surface area contributed by atoms with Crippen LogP contribution in [0.5, 0.6) is 0 Å². The second-order valence-electron chi connectivity index (χ2n) is 8.00. The molecule has 0 N–H and O–H groups in total. The van der Waals surface area contributed by atoms with Crippen molar-refractivity contribution in [3.05, 3.63) is 52.2 Å². The number of hydrogen-bond donors (Lipinski definition) is 0. The van der Waals surface area contributed by atoms with Crippen molar-refractivity contribution in [3.63, 3.8) is 0 Å². The monoisotopic (exact) mass is 465 g/mol. The summed E-state index contributed by atoms with van der Waals surface area (Å²) in [6, 6.07) is 9.88. The van der Waals surface area contributed by atoms with Crippen molar-refractivity contribution in [1.29, 1.82) is 0 Å². The molecule has 34 heavy (non-hydrogen) atoms. The lowest BCUT2D eigenvalue weighted by Gasteiger charge is -2.31. The molecular weight excluding hydrogens is 446 g/mol. The number of benzene rings is 2. The van der Waals surface area contributed by atoms with E-state index in [1.165, 1.54) is 17.0 Å². The van der Waals surface area contributed by atoms with Crippen LogP contribution < -0.4 is 5.43 Å². The van der Waals surface area contributed by atoms with Crippen LogP contribution in [0.1, 0.15) is 36.0 Å². The Balaban J connectivity index is 1.27. The van der Waals surface area contributed by atoms with Gasteiger partial charge in [0, 0.05) is 38.8 Å². The van der Waals surface area contributed by atoms with Crippen molar-refractivity contribution in [3.8, 4) is 11.5 Å². The molecule has 174 valence electrons. The van der Waals surface area contributed by atoms with Crippen LogP contribution in [0.3, 0.4) is 0 Å². The van der Waals surface area contributed by atoms with Crippen molar-refractivity contribution in [2.45, 2.75) is 31.8 Å². The zero-order valence-electron chi connectivity index (χ0n) is 17.9. The number of carbonyl (C=O) groups is 4. The Morgan fingerprint density at radius 3 is 2.41 bits per heavy atom. The number of likely N-dealkylation sites (tertiary alicyclic amines) is 1. The van der Waals surface area contributed by atoms with Crippen LogP contribution in [0.4, 0.5) is 4.79 Å². The maximum Gasteiger partial charge on any atom is 0.534 e. The smallest absolute Gasteiger partial charge is 0.452 e. The molecule has 2 fully saturated rings. The van der Waals surface area contributed by atoms with E-state index in [0.29, 0.717) is 34.7 Å². The lowest BCUT2D eigenvalue weighted by atomic mass is 10.0. The molecule has 0 atom stereocenters. The first-order chi connectivity index (χ1) is 16.4. The zero-order chi connectivity index (χ0) is 23.8. The molecule has 3 aliphatic heterocycles. The Morgan fingerprint density at radius 1 is 0.971 bits per heavy atom. The number of imide groups is 1. The van der Waals surface area contributed by atoms with Crippen LogP contribution in [0.2, 0.25) is 0 Å². The largest absolute Gasteiger partial charge is 0.534 e. The number of carbonyl (C=O) groups excluding carboxylic acids is 4. The SMILES string of the molecule is O=C(OC1CCN(C(=O)c2c3oc4ccccc4nc-3ccc2=O)CC1)ON1C(=O)CCC1=O. The van der Waals surface area contributed by atoms with Gasteiger partial charge in [0.2, 0.25) is 0 Å². The highest BCUT2D eigenvalue weighted by Gasteiger charge is 2.35. The second kappa shape index (κ2) is 8.58. The van der Waals surface area contributed by atoms with E-state index >= 15 is 0 Å². The van der Waals surface area contributed by atoms with Gasteiger partial charge in [0.05, 0.1) is 0 Å². The van der Waals surface area contributed by atoms with Crippen LogP contribution in [0, 0.1) is 0 Å². The zero-order valence-corrected chi connectivity index (χ0v) is 17.9. The van der Waals surface area contributed by atoms with Gasteiger partial charge in [-0.05, 0) is 24.3 Å². The van der Waals surface area contributed by atoms with Crippen molar-refractivity contribution in [2.24, 2.45) is 0 Å². The summed E-state index contributed by atoms with van der Waals surface area (Å²) >= 11 is 0. The molecule has 11 nitrogen and oxygen atoms in total. The predicted octanol–water partition coefficient (Wildman–Crippen LogP) is 2.11. The molecule has 5 rings (SSSR count). The van der Waals surface area contributed by atoms with E-state index < -0.39 is 35.4 Å². The van der Waals surface area contributed by atoms with Crippen LogP contribution in [0.25, 0.3) is 22.6 Å². The number of hydrogen-bond acceptors (Lipinski definition) is 9. The lowest BCUT2D eigenvalue weighted by Crippen LogP contribution is -2.43. The van der Waals surface area contributed by atoms with E-state index in [1.54, 1.807) is 18.2 Å². The van der Waals surface area contributed by atoms with E-state index in [2.05, 4.69) is 4.98 Å². The van der Waals surface area contributed by atoms with Crippen LogP contribution in [0.15, 0.2) is 45.6 Å². The quantitative estimate of drug-likeness (QED) is 0.323. The summed E-state index contributed by atoms with van der Waals surface area (Å²) in [7, 11) is 0. The van der Waals surface area contributed by atoms with Gasteiger partial charge in [-0.15, -0.1) is 0 Å². The van der Waals surface area contributed by atoms with Crippen LogP contribution in [-0.4, -0.2) is 58.0 Å². The molecule has 1 aliphatic carbocycles. The molecule has 3 heterocycles. The molecule has 0 radical (unpaired) electrons. The third-order valence-electron chi connectivity index (χ3n) is 5.79. The number of amides is 3. The number of piperidine rings is 1. The van der Waals surface area contributed by atoms with Crippen LogP contribution in [-0.2, 0) is 19.2 Å². The first kappa shape index (κ1) is 21.6. The highest BCUT2D eigenvalue weighted by Crippen LogP contribution is 2.28. The molecule has 0 saturated carbocycles. The molecule has 4 aliphatic rings. The van der Waals surface area contributed by atoms with Crippen molar-refractivity contribution in [2.75, 3.05) is 13.1 Å². The fraction of sp³-hybridized carbons (Fsp3) is 0.304. The topological polar surface area (TPSA) is 136 Å². The molecule has 0 spiro atoms. The van der Waals surface area contributed by atoms with Gasteiger partial charge in [0.25, 0.3) is 17.7 Å². The minimum Gasteiger partial charge on any atom is -0.452 e. The summed E-state index contributed by atoms with van der Waals surface area (Å²) in [5, 5.41) is 0.415. The summed E-state index contributed by atoms with van der Waals surface area (Å²) < 4.78 is 11.1. The lowest BCUT2D eigenvalue weighted by molar-refractivity contribution is -0.179. The molecule has 0 unspecified atom stereocenters. The number of aromatic nitrogens is 1. The molecule has 0 bridgehead atoms. The summed E-state index contributed by atoms with van der Waals surface area (Å²) in [6.07, 6.45) is -1.17. The maximum atomic E-state index is 13.2. The Morgan fingerprint density at radius 2 is 1.68 bits per heavy atom. The molecule has 1 aromatic carbocycles. The normalized spacial score (nSPS) is 16.9. The molecule has 3 amide bonds. The van der Waals surface area contributed by atoms with Gasteiger partial charge in [0.1, 0.15) is 22.9 Å². The Kier molecular flexibility index (Phi) is 5.44. The van der Waals surface area contributed by atoms with E-state index in [1.807, 2.05) is 6.07 Å². The van der Waals surface area contributed by atoms with Gasteiger partial charge in [-0.1, -0.05) is 17.2 Å².